The molecular formula is C28H37N5O4. The summed E-state index contributed by atoms with van der Waals surface area (Å²) < 4.78 is 7.09. The van der Waals surface area contributed by atoms with Crippen LogP contribution in [0.1, 0.15) is 91.3 Å². The standard InChI is InChI=1S/C28H37N5O4/c1-28(27(36)29-16-19-10-8-9-13-22(19)37-2)17-32-18-30-23(24(32)26(35)33(28)21-14-15-21)25(34)31-20-11-6-4-3-5-7-12-20/h8-10,13,18,20-21H,3-7,11-12,14-17H2,1-2H3,(H,29,36)(H,31,34)/t28-/m0/s1. The lowest BCUT2D eigenvalue weighted by Gasteiger charge is -2.44. The zero-order valence-corrected chi connectivity index (χ0v) is 21.8. The molecule has 3 amide bonds. The van der Waals surface area contributed by atoms with Gasteiger partial charge >= 0.3 is 0 Å². The maximum atomic E-state index is 13.9. The molecule has 5 rings (SSSR count). The highest BCUT2D eigenvalue weighted by Gasteiger charge is 2.53. The van der Waals surface area contributed by atoms with Crippen LogP contribution in [0.3, 0.4) is 0 Å². The van der Waals surface area contributed by atoms with Crippen LogP contribution in [-0.2, 0) is 17.9 Å². The molecule has 0 saturated heterocycles. The highest BCUT2D eigenvalue weighted by molar-refractivity contribution is 6.07. The van der Waals surface area contributed by atoms with Crippen LogP contribution in [0.2, 0.25) is 0 Å². The van der Waals surface area contributed by atoms with Crippen LogP contribution in [0.5, 0.6) is 5.75 Å². The van der Waals surface area contributed by atoms with E-state index >= 15 is 0 Å². The monoisotopic (exact) mass is 507 g/mol. The van der Waals surface area contributed by atoms with Crippen LogP contribution in [0, 0.1) is 0 Å². The first-order valence-corrected chi connectivity index (χ1v) is 13.5. The van der Waals surface area contributed by atoms with Crippen LogP contribution >= 0.6 is 0 Å². The van der Waals surface area contributed by atoms with E-state index < -0.39 is 5.54 Å². The van der Waals surface area contributed by atoms with Crippen molar-refractivity contribution in [3.8, 4) is 5.75 Å². The number of nitrogens with zero attached hydrogens (tertiary/aromatic N) is 3. The Morgan fingerprint density at radius 1 is 1.08 bits per heavy atom. The van der Waals surface area contributed by atoms with Crippen molar-refractivity contribution in [1.29, 1.82) is 0 Å². The molecular weight excluding hydrogens is 470 g/mol. The summed E-state index contributed by atoms with van der Waals surface area (Å²) in [6, 6.07) is 7.62. The number of imidazole rings is 1. The Morgan fingerprint density at radius 2 is 1.78 bits per heavy atom. The second-order valence-corrected chi connectivity index (χ2v) is 10.8. The normalized spacial score (nSPS) is 22.5. The predicted molar refractivity (Wildman–Crippen MR) is 138 cm³/mol. The van der Waals surface area contributed by atoms with Crippen molar-refractivity contribution in [3.05, 3.63) is 47.5 Å². The number of para-hydroxylation sites is 1. The van der Waals surface area contributed by atoms with Gasteiger partial charge in [0.15, 0.2) is 5.69 Å². The third-order valence-corrected chi connectivity index (χ3v) is 7.96. The average Bonchev–Trinajstić information content (AvgIpc) is 3.61. The van der Waals surface area contributed by atoms with Crippen molar-refractivity contribution in [2.24, 2.45) is 0 Å². The van der Waals surface area contributed by atoms with Crippen molar-refractivity contribution in [2.75, 3.05) is 7.11 Å². The second kappa shape index (κ2) is 10.6. The van der Waals surface area contributed by atoms with Gasteiger partial charge < -0.3 is 24.8 Å². The molecule has 2 aromatic rings. The van der Waals surface area contributed by atoms with Gasteiger partial charge in [0.1, 0.15) is 17.0 Å². The van der Waals surface area contributed by atoms with E-state index in [1.54, 1.807) is 23.5 Å². The summed E-state index contributed by atoms with van der Waals surface area (Å²) in [6.45, 7) is 2.33. The van der Waals surface area contributed by atoms with Crippen molar-refractivity contribution < 1.29 is 19.1 Å². The smallest absolute Gasteiger partial charge is 0.274 e. The summed E-state index contributed by atoms with van der Waals surface area (Å²) in [4.78, 5) is 46.8. The lowest BCUT2D eigenvalue weighted by atomic mass is 9.93. The van der Waals surface area contributed by atoms with Crippen molar-refractivity contribution in [3.63, 3.8) is 0 Å². The number of nitrogens with one attached hydrogen (secondary N) is 2. The molecule has 0 bridgehead atoms. The number of benzene rings is 1. The van der Waals surface area contributed by atoms with Gasteiger partial charge in [-0.05, 0) is 38.7 Å². The number of rotatable bonds is 7. The Kier molecular flexibility index (Phi) is 7.22. The molecule has 2 N–H and O–H groups in total. The van der Waals surface area contributed by atoms with Gasteiger partial charge in [-0.15, -0.1) is 0 Å². The first kappa shape index (κ1) is 25.3. The summed E-state index contributed by atoms with van der Waals surface area (Å²) in [5, 5.41) is 6.15. The van der Waals surface area contributed by atoms with Gasteiger partial charge in [-0.3, -0.25) is 14.4 Å². The number of carbonyl (C=O) groups is 3. The maximum absolute atomic E-state index is 13.9. The van der Waals surface area contributed by atoms with Gasteiger partial charge in [-0.1, -0.05) is 50.3 Å². The molecule has 198 valence electrons. The molecule has 1 aromatic carbocycles. The number of fused-ring (bicyclic) bond motifs is 1. The Morgan fingerprint density at radius 3 is 2.49 bits per heavy atom. The summed E-state index contributed by atoms with van der Waals surface area (Å²) in [5.41, 5.74) is 0.208. The van der Waals surface area contributed by atoms with Crippen molar-refractivity contribution >= 4 is 17.7 Å². The van der Waals surface area contributed by atoms with Gasteiger partial charge in [0.05, 0.1) is 20.0 Å². The largest absolute Gasteiger partial charge is 0.496 e. The maximum Gasteiger partial charge on any atom is 0.274 e. The molecule has 37 heavy (non-hydrogen) atoms. The lowest BCUT2D eigenvalue weighted by molar-refractivity contribution is -0.133. The number of hydrogen-bond donors (Lipinski definition) is 2. The first-order chi connectivity index (χ1) is 17.9. The fourth-order valence-electron chi connectivity index (χ4n) is 5.79. The van der Waals surface area contributed by atoms with Crippen LogP contribution in [0.15, 0.2) is 30.6 Å². The number of hydrogen-bond acceptors (Lipinski definition) is 5. The summed E-state index contributed by atoms with van der Waals surface area (Å²) >= 11 is 0. The number of amides is 3. The fourth-order valence-corrected chi connectivity index (χ4v) is 5.79. The van der Waals surface area contributed by atoms with Crippen LogP contribution in [0.25, 0.3) is 0 Å². The number of methoxy groups -OCH3 is 1. The Labute approximate surface area is 218 Å². The van der Waals surface area contributed by atoms with E-state index in [9.17, 15) is 14.4 Å². The van der Waals surface area contributed by atoms with Crippen LogP contribution in [-0.4, -0.2) is 56.9 Å². The second-order valence-electron chi connectivity index (χ2n) is 10.8. The van der Waals surface area contributed by atoms with Gasteiger partial charge in [0, 0.05) is 24.2 Å². The van der Waals surface area contributed by atoms with Gasteiger partial charge in [-0.25, -0.2) is 4.98 Å². The highest BCUT2D eigenvalue weighted by Crippen LogP contribution is 2.39. The molecule has 9 heteroatoms. The zero-order chi connectivity index (χ0) is 26.0. The summed E-state index contributed by atoms with van der Waals surface area (Å²) in [6.07, 6.45) is 11.0. The fraction of sp³-hybridized carbons (Fsp3) is 0.571. The zero-order valence-electron chi connectivity index (χ0n) is 21.8. The molecule has 0 spiro atoms. The number of aromatic nitrogens is 2. The molecule has 3 aliphatic rings. The molecule has 1 aliphatic heterocycles. The van der Waals surface area contributed by atoms with Gasteiger partial charge in [0.2, 0.25) is 5.91 Å². The topological polar surface area (TPSA) is 106 Å². The lowest BCUT2D eigenvalue weighted by Crippen LogP contribution is -2.64. The molecule has 0 radical (unpaired) electrons. The molecule has 1 aromatic heterocycles. The predicted octanol–water partition coefficient (Wildman–Crippen LogP) is 3.43. The van der Waals surface area contributed by atoms with Crippen LogP contribution in [0.4, 0.5) is 0 Å². The minimum absolute atomic E-state index is 0.0142. The molecule has 2 fully saturated rings. The number of ether oxygens (including phenoxy) is 1. The average molecular weight is 508 g/mol. The van der Waals surface area contributed by atoms with Crippen molar-refractivity contribution in [1.82, 2.24) is 25.1 Å². The highest BCUT2D eigenvalue weighted by atomic mass is 16.5. The van der Waals surface area contributed by atoms with Gasteiger partial charge in [0.25, 0.3) is 11.8 Å². The Balaban J connectivity index is 1.35. The van der Waals surface area contributed by atoms with E-state index in [0.717, 1.165) is 44.1 Å². The van der Waals surface area contributed by atoms with E-state index in [0.29, 0.717) is 5.75 Å². The Hall–Kier alpha value is -3.36. The molecule has 2 heterocycles. The minimum Gasteiger partial charge on any atom is -0.496 e. The molecule has 9 nitrogen and oxygen atoms in total. The number of carbonyl (C=O) groups excluding carboxylic acids is 3. The Bertz CT molecular complexity index is 1170. The van der Waals surface area contributed by atoms with E-state index in [2.05, 4.69) is 15.6 Å². The van der Waals surface area contributed by atoms with E-state index in [1.165, 1.54) is 25.6 Å². The molecule has 2 saturated carbocycles. The van der Waals surface area contributed by atoms with E-state index in [-0.39, 0.29) is 54.3 Å². The third-order valence-electron chi connectivity index (χ3n) is 7.96. The molecule has 0 unspecified atom stereocenters. The van der Waals surface area contributed by atoms with E-state index in [4.69, 9.17) is 4.74 Å². The first-order valence-electron chi connectivity index (χ1n) is 13.5. The SMILES string of the molecule is COc1ccccc1CNC(=O)[C@]1(C)Cn2cnc(C(=O)NC3CCCCCCC3)c2C(=O)N1C1CC1. The summed E-state index contributed by atoms with van der Waals surface area (Å²) in [5.74, 6) is -0.140. The van der Waals surface area contributed by atoms with Crippen LogP contribution < -0.4 is 15.4 Å². The quantitative estimate of drug-likeness (QED) is 0.597. The summed E-state index contributed by atoms with van der Waals surface area (Å²) in [7, 11) is 1.60. The molecule has 2 aliphatic carbocycles. The molecule has 1 atom stereocenters. The van der Waals surface area contributed by atoms with Crippen molar-refractivity contribution in [2.45, 2.75) is 95.4 Å². The third kappa shape index (κ3) is 5.08. The van der Waals surface area contributed by atoms with Gasteiger partial charge in [-0.2, -0.15) is 0 Å². The van der Waals surface area contributed by atoms with E-state index in [1.807, 2.05) is 24.3 Å². The minimum atomic E-state index is -1.10.